The van der Waals surface area contributed by atoms with Gasteiger partial charge in [-0.25, -0.2) is 0 Å². The monoisotopic (exact) mass is 503 g/mol. The normalized spacial score (nSPS) is 16.9. The lowest BCUT2D eigenvalue weighted by Crippen LogP contribution is -2.52. The molecule has 0 aromatic heterocycles. The third kappa shape index (κ3) is 7.02. The van der Waals surface area contributed by atoms with E-state index in [0.717, 1.165) is 16.9 Å². The van der Waals surface area contributed by atoms with E-state index < -0.39 is 11.4 Å². The molecule has 0 aliphatic heterocycles. The highest BCUT2D eigenvalue weighted by atomic mass is 16.6. The molecule has 0 heterocycles. The van der Waals surface area contributed by atoms with E-state index in [0.29, 0.717) is 6.54 Å². The topological polar surface area (TPSA) is 85.3 Å². The number of rotatable bonds is 10. The number of carbonyl (C=O) groups excluding carboxylic acids is 2. The van der Waals surface area contributed by atoms with Crippen LogP contribution in [0.5, 0.6) is 5.75 Å². The van der Waals surface area contributed by atoms with Crippen molar-refractivity contribution in [3.05, 3.63) is 83.3 Å². The van der Waals surface area contributed by atoms with E-state index in [4.69, 9.17) is 14.2 Å². The summed E-state index contributed by atoms with van der Waals surface area (Å²) in [5.41, 5.74) is -0.340. The van der Waals surface area contributed by atoms with E-state index in [1.54, 1.807) is 40.9 Å². The maximum absolute atomic E-state index is 13.1. The second-order valence-corrected chi connectivity index (χ2v) is 9.12. The molecule has 3 rings (SSSR count). The van der Waals surface area contributed by atoms with Gasteiger partial charge in [-0.3, -0.25) is 9.59 Å². The van der Waals surface area contributed by atoms with Gasteiger partial charge in [0.2, 0.25) is 11.7 Å². The highest BCUT2D eigenvalue weighted by Gasteiger charge is 2.56. The molecule has 1 unspecified atom stereocenters. The van der Waals surface area contributed by atoms with Gasteiger partial charge in [-0.15, -0.1) is 0 Å². The van der Waals surface area contributed by atoms with E-state index in [9.17, 15) is 14.7 Å². The molecule has 7 heteroatoms. The predicted molar refractivity (Wildman–Crippen MR) is 141 cm³/mol. The molecule has 0 bridgehead atoms. The number of ketones is 1. The van der Waals surface area contributed by atoms with Gasteiger partial charge in [0.05, 0.1) is 25.9 Å². The standard InChI is InChI=1S/C30H33NO6/c1-21(2)36-27-28(33)30(34,29(27)37-22(3)4)18-9-19-31(20-24-10-7-6-8-11-24)26(32)17-14-23-12-15-25(35-5)16-13-23/h6-8,10-17,21-22,34H,19-20H2,1-5H3/b17-14+. The lowest BCUT2D eigenvalue weighted by atomic mass is 9.83. The zero-order chi connectivity index (χ0) is 27.0. The lowest BCUT2D eigenvalue weighted by molar-refractivity contribution is -0.143. The average Bonchev–Trinajstić information content (AvgIpc) is 2.89. The van der Waals surface area contributed by atoms with E-state index in [2.05, 4.69) is 11.8 Å². The van der Waals surface area contributed by atoms with Crippen LogP contribution in [0, 0.1) is 11.8 Å². The van der Waals surface area contributed by atoms with Gasteiger partial charge >= 0.3 is 0 Å². The number of amides is 1. The minimum atomic E-state index is -2.10. The highest BCUT2D eigenvalue weighted by molar-refractivity contribution is 6.12. The van der Waals surface area contributed by atoms with Crippen molar-refractivity contribution in [2.75, 3.05) is 13.7 Å². The molecule has 194 valence electrons. The van der Waals surface area contributed by atoms with E-state index in [1.165, 1.54) is 11.0 Å². The largest absolute Gasteiger partial charge is 0.497 e. The third-order valence-corrected chi connectivity index (χ3v) is 5.38. The summed E-state index contributed by atoms with van der Waals surface area (Å²) in [6.45, 7) is 7.43. The van der Waals surface area contributed by atoms with E-state index >= 15 is 0 Å². The van der Waals surface area contributed by atoms with Crippen LogP contribution in [0.3, 0.4) is 0 Å². The van der Waals surface area contributed by atoms with Gasteiger partial charge < -0.3 is 24.2 Å². The van der Waals surface area contributed by atoms with Crippen molar-refractivity contribution in [1.29, 1.82) is 0 Å². The zero-order valence-electron chi connectivity index (χ0n) is 21.9. The average molecular weight is 504 g/mol. The minimum absolute atomic E-state index is 0.00833. The molecule has 0 spiro atoms. The number of Topliss-reactive ketones (excluding diaryl/α,β-unsaturated/α-hetero) is 1. The molecular weight excluding hydrogens is 470 g/mol. The van der Waals surface area contributed by atoms with Gasteiger partial charge in [-0.05, 0) is 63.0 Å². The van der Waals surface area contributed by atoms with Crippen molar-refractivity contribution in [2.45, 2.75) is 52.0 Å². The fourth-order valence-electron chi connectivity index (χ4n) is 3.57. The Bertz CT molecular complexity index is 1220. The third-order valence-electron chi connectivity index (χ3n) is 5.38. The smallest absolute Gasteiger partial charge is 0.254 e. The molecule has 37 heavy (non-hydrogen) atoms. The van der Waals surface area contributed by atoms with Crippen molar-refractivity contribution >= 4 is 17.8 Å². The molecule has 2 aromatic carbocycles. The summed E-state index contributed by atoms with van der Waals surface area (Å²) in [6, 6.07) is 16.8. The van der Waals surface area contributed by atoms with Gasteiger partial charge in [-0.1, -0.05) is 48.4 Å². The Balaban J connectivity index is 1.82. The van der Waals surface area contributed by atoms with Crippen molar-refractivity contribution in [3.63, 3.8) is 0 Å². The number of methoxy groups -OCH3 is 1. The number of benzene rings is 2. The SMILES string of the molecule is COc1ccc(/C=C/C(=O)N(CC#CC2(O)C(=O)C(OC(C)C)=C2OC(C)C)Cc2ccccc2)cc1. The van der Waals surface area contributed by atoms with Crippen LogP contribution in [-0.4, -0.2) is 53.2 Å². The number of carbonyl (C=O) groups is 2. The van der Waals surface area contributed by atoms with Crippen LogP contribution < -0.4 is 4.74 Å². The summed E-state index contributed by atoms with van der Waals surface area (Å²) >= 11 is 0. The van der Waals surface area contributed by atoms with Crippen LogP contribution in [0.25, 0.3) is 6.08 Å². The summed E-state index contributed by atoms with van der Waals surface area (Å²) in [5.74, 6) is 5.24. The number of aliphatic hydroxyl groups is 1. The molecule has 1 aliphatic rings. The van der Waals surface area contributed by atoms with Crippen LogP contribution >= 0.6 is 0 Å². The first-order valence-electron chi connectivity index (χ1n) is 12.1. The lowest BCUT2D eigenvalue weighted by Gasteiger charge is -2.36. The predicted octanol–water partition coefficient (Wildman–Crippen LogP) is 4.12. The van der Waals surface area contributed by atoms with Crippen LogP contribution in [0.15, 0.2) is 72.2 Å². The van der Waals surface area contributed by atoms with Gasteiger partial charge in [0.1, 0.15) is 5.75 Å². The second-order valence-electron chi connectivity index (χ2n) is 9.12. The Morgan fingerprint density at radius 3 is 2.27 bits per heavy atom. The summed E-state index contributed by atoms with van der Waals surface area (Å²) in [7, 11) is 1.59. The Morgan fingerprint density at radius 2 is 1.68 bits per heavy atom. The first-order chi connectivity index (χ1) is 17.6. The van der Waals surface area contributed by atoms with Crippen LogP contribution in [0.2, 0.25) is 0 Å². The summed E-state index contributed by atoms with van der Waals surface area (Å²) < 4.78 is 16.4. The number of nitrogens with zero attached hydrogens (tertiary/aromatic N) is 1. The number of hydrogen-bond acceptors (Lipinski definition) is 6. The van der Waals surface area contributed by atoms with Crippen molar-refractivity contribution < 1.29 is 28.9 Å². The highest BCUT2D eigenvalue weighted by Crippen LogP contribution is 2.37. The van der Waals surface area contributed by atoms with Gasteiger partial charge in [0, 0.05) is 12.6 Å². The number of ether oxygens (including phenoxy) is 3. The summed E-state index contributed by atoms with van der Waals surface area (Å²) in [6.07, 6.45) is 2.63. The van der Waals surface area contributed by atoms with Crippen LogP contribution in [0.4, 0.5) is 0 Å². The van der Waals surface area contributed by atoms with E-state index in [1.807, 2.05) is 54.6 Å². The maximum Gasteiger partial charge on any atom is 0.254 e. The van der Waals surface area contributed by atoms with Gasteiger partial charge in [0.15, 0.2) is 5.76 Å². The quantitative estimate of drug-likeness (QED) is 0.388. The molecule has 0 saturated heterocycles. The van der Waals surface area contributed by atoms with Gasteiger partial charge in [0.25, 0.3) is 11.4 Å². The molecule has 0 radical (unpaired) electrons. The van der Waals surface area contributed by atoms with Crippen molar-refractivity contribution in [2.24, 2.45) is 0 Å². The maximum atomic E-state index is 13.1. The summed E-state index contributed by atoms with van der Waals surface area (Å²) in [4.78, 5) is 27.3. The first-order valence-corrected chi connectivity index (χ1v) is 12.1. The van der Waals surface area contributed by atoms with E-state index in [-0.39, 0.29) is 36.2 Å². The Hall–Kier alpha value is -4.02. The molecule has 0 saturated carbocycles. The fraction of sp³-hybridized carbons (Fsp3) is 0.333. The Labute approximate surface area is 218 Å². The van der Waals surface area contributed by atoms with Crippen molar-refractivity contribution in [3.8, 4) is 17.6 Å². The van der Waals surface area contributed by atoms with Crippen LogP contribution in [-0.2, 0) is 25.6 Å². The molecule has 2 aromatic rings. The molecule has 7 nitrogen and oxygen atoms in total. The minimum Gasteiger partial charge on any atom is -0.497 e. The zero-order valence-corrected chi connectivity index (χ0v) is 21.9. The molecule has 0 fully saturated rings. The number of hydrogen-bond donors (Lipinski definition) is 1. The molecule has 1 aliphatic carbocycles. The molecule has 1 N–H and O–H groups in total. The molecule has 1 amide bonds. The van der Waals surface area contributed by atoms with Crippen LogP contribution in [0.1, 0.15) is 38.8 Å². The second kappa shape index (κ2) is 12.3. The molecular formula is C30H33NO6. The Kier molecular flexibility index (Phi) is 9.15. The summed E-state index contributed by atoms with van der Waals surface area (Å²) in [5, 5.41) is 11.0. The Morgan fingerprint density at radius 1 is 1.03 bits per heavy atom. The van der Waals surface area contributed by atoms with Gasteiger partial charge in [-0.2, -0.15) is 0 Å². The fourth-order valence-corrected chi connectivity index (χ4v) is 3.57. The molecule has 1 atom stereocenters. The first kappa shape index (κ1) is 27.6. The van der Waals surface area contributed by atoms with Crippen molar-refractivity contribution in [1.82, 2.24) is 4.90 Å².